The second-order valence-electron chi connectivity index (χ2n) is 4.35. The summed E-state index contributed by atoms with van der Waals surface area (Å²) < 4.78 is 2.11. The van der Waals surface area contributed by atoms with Gasteiger partial charge >= 0.3 is 0 Å². The topological polar surface area (TPSA) is 21.1 Å². The van der Waals surface area contributed by atoms with Gasteiger partial charge in [0.25, 0.3) is 0 Å². The predicted molar refractivity (Wildman–Crippen MR) is 60.6 cm³/mol. The van der Waals surface area contributed by atoms with Gasteiger partial charge in [-0.05, 0) is 38.9 Å². The molecule has 0 atom stereocenters. The van der Waals surface area contributed by atoms with E-state index in [-0.39, 0.29) is 0 Å². The molecule has 0 aromatic carbocycles. The molecule has 0 bridgehead atoms. The third-order valence-corrected chi connectivity index (χ3v) is 3.09. The average molecular weight is 206 g/mol. The zero-order chi connectivity index (χ0) is 10.3. The molecule has 1 fully saturated rings. The van der Waals surface area contributed by atoms with Crippen LogP contribution in [-0.4, -0.2) is 34.1 Å². The van der Waals surface area contributed by atoms with Gasteiger partial charge in [0.1, 0.15) is 6.20 Å². The summed E-state index contributed by atoms with van der Waals surface area (Å²) >= 11 is 0. The lowest BCUT2D eigenvalue weighted by atomic mass is 10.2. The lowest BCUT2D eigenvalue weighted by molar-refractivity contribution is 0.276. The first-order valence-corrected chi connectivity index (χ1v) is 6.05. The van der Waals surface area contributed by atoms with Crippen molar-refractivity contribution in [3.8, 4) is 0 Å². The van der Waals surface area contributed by atoms with Crippen molar-refractivity contribution in [3.63, 3.8) is 0 Å². The van der Waals surface area contributed by atoms with Gasteiger partial charge in [-0.25, -0.2) is 4.98 Å². The number of likely N-dealkylation sites (tertiary alicyclic amines) is 1. The fraction of sp³-hybridized carbons (Fsp3) is 0.750. The molecule has 2 rings (SSSR count). The normalized spacial score (nSPS) is 18.9. The number of nitrogens with zero attached hydrogens (tertiary/aromatic N) is 3. The molecular weight excluding hydrogens is 186 g/mol. The van der Waals surface area contributed by atoms with E-state index >= 15 is 0 Å². The molecule has 3 heteroatoms. The second-order valence-corrected chi connectivity index (χ2v) is 4.35. The maximum Gasteiger partial charge on any atom is 0.108 e. The summed E-state index contributed by atoms with van der Waals surface area (Å²) in [7, 11) is 0. The van der Waals surface area contributed by atoms with Crippen molar-refractivity contribution in [2.75, 3.05) is 19.6 Å². The third kappa shape index (κ3) is 3.67. The molecule has 1 aliphatic rings. The number of hydrogen-bond acceptors (Lipinski definition) is 2. The van der Waals surface area contributed by atoms with Gasteiger partial charge in [0.2, 0.25) is 0 Å². The monoisotopic (exact) mass is 206 g/mol. The molecule has 3 nitrogen and oxygen atoms in total. The van der Waals surface area contributed by atoms with Gasteiger partial charge in [-0.1, -0.05) is 12.8 Å². The molecule has 1 aliphatic heterocycles. The summed E-state index contributed by atoms with van der Waals surface area (Å²) in [6.07, 6.45) is 13.4. The highest BCUT2D eigenvalue weighted by Gasteiger charge is 2.07. The summed E-state index contributed by atoms with van der Waals surface area (Å²) in [4.78, 5) is 6.53. The first kappa shape index (κ1) is 10.7. The van der Waals surface area contributed by atoms with E-state index in [0.717, 1.165) is 6.54 Å². The highest BCUT2D eigenvalue weighted by atomic mass is 15.1. The molecule has 0 aliphatic carbocycles. The van der Waals surface area contributed by atoms with E-state index < -0.39 is 0 Å². The van der Waals surface area contributed by atoms with Crippen LogP contribution in [0.3, 0.4) is 0 Å². The molecule has 0 amide bonds. The molecule has 83 valence electrons. The van der Waals surface area contributed by atoms with Crippen molar-refractivity contribution in [1.82, 2.24) is 14.5 Å². The van der Waals surface area contributed by atoms with Crippen molar-refractivity contribution in [2.45, 2.75) is 38.6 Å². The van der Waals surface area contributed by atoms with Crippen molar-refractivity contribution in [1.29, 1.82) is 0 Å². The molecule has 1 radical (unpaired) electrons. The Hall–Kier alpha value is -0.830. The number of imidazole rings is 1. The van der Waals surface area contributed by atoms with Crippen LogP contribution >= 0.6 is 0 Å². The van der Waals surface area contributed by atoms with Crippen molar-refractivity contribution in [3.05, 3.63) is 18.7 Å². The fourth-order valence-corrected chi connectivity index (χ4v) is 2.21. The third-order valence-electron chi connectivity index (χ3n) is 3.09. The van der Waals surface area contributed by atoms with E-state index in [1.165, 1.54) is 51.7 Å². The van der Waals surface area contributed by atoms with E-state index in [1.807, 2.05) is 12.5 Å². The maximum atomic E-state index is 3.93. The number of hydrogen-bond donors (Lipinski definition) is 0. The van der Waals surface area contributed by atoms with E-state index in [4.69, 9.17) is 0 Å². The predicted octanol–water partition coefficient (Wildman–Crippen LogP) is 1.95. The molecule has 0 spiro atoms. The summed E-state index contributed by atoms with van der Waals surface area (Å²) in [5.41, 5.74) is 0. The van der Waals surface area contributed by atoms with Gasteiger partial charge in [0.05, 0.1) is 6.33 Å². The van der Waals surface area contributed by atoms with Gasteiger partial charge in [0, 0.05) is 12.7 Å². The van der Waals surface area contributed by atoms with Crippen LogP contribution in [0.4, 0.5) is 0 Å². The van der Waals surface area contributed by atoms with Crippen LogP contribution in [0.2, 0.25) is 0 Å². The highest BCUT2D eigenvalue weighted by molar-refractivity contribution is 4.72. The van der Waals surface area contributed by atoms with E-state index in [9.17, 15) is 0 Å². The Labute approximate surface area is 92.1 Å². The Kier molecular flexibility index (Phi) is 4.21. The van der Waals surface area contributed by atoms with Gasteiger partial charge in [-0.2, -0.15) is 0 Å². The zero-order valence-electron chi connectivity index (χ0n) is 9.36. The summed E-state index contributed by atoms with van der Waals surface area (Å²) in [5.74, 6) is 0. The van der Waals surface area contributed by atoms with Crippen molar-refractivity contribution >= 4 is 0 Å². The molecule has 1 saturated heterocycles. The zero-order valence-corrected chi connectivity index (χ0v) is 9.36. The molecule has 0 N–H and O–H groups in total. The average Bonchev–Trinajstić information content (AvgIpc) is 2.62. The standard InChI is InChI=1S/C12H20N3/c1-2-4-8-14(7-3-1)9-5-10-15-11-6-13-12-15/h11-12H,1-5,7-10H2. The molecule has 1 aromatic heterocycles. The van der Waals surface area contributed by atoms with Crippen LogP contribution in [0.1, 0.15) is 32.1 Å². The fourth-order valence-electron chi connectivity index (χ4n) is 2.21. The lowest BCUT2D eigenvalue weighted by Crippen LogP contribution is -2.26. The van der Waals surface area contributed by atoms with Crippen molar-refractivity contribution in [2.24, 2.45) is 0 Å². The van der Waals surface area contributed by atoms with E-state index in [0.29, 0.717) is 0 Å². The van der Waals surface area contributed by atoms with E-state index in [1.54, 1.807) is 0 Å². The van der Waals surface area contributed by atoms with Crippen LogP contribution in [0.25, 0.3) is 0 Å². The minimum atomic E-state index is 1.08. The smallest absolute Gasteiger partial charge is 0.108 e. The number of aromatic nitrogens is 2. The summed E-state index contributed by atoms with van der Waals surface area (Å²) in [5, 5.41) is 0. The van der Waals surface area contributed by atoms with Crippen LogP contribution in [0.15, 0.2) is 12.5 Å². The van der Waals surface area contributed by atoms with Crippen molar-refractivity contribution < 1.29 is 0 Å². The maximum absolute atomic E-state index is 3.93. The minimum Gasteiger partial charge on any atom is -0.337 e. The SMILES string of the molecule is [c]1cn(CCCN2CCCCCC2)cn1. The van der Waals surface area contributed by atoms with Gasteiger partial charge in [-0.15, -0.1) is 0 Å². The second kappa shape index (κ2) is 5.91. The summed E-state index contributed by atoms with van der Waals surface area (Å²) in [6.45, 7) is 4.91. The first-order chi connectivity index (χ1) is 7.45. The molecule has 1 aromatic rings. The largest absolute Gasteiger partial charge is 0.337 e. The van der Waals surface area contributed by atoms with E-state index in [2.05, 4.69) is 20.6 Å². The Bertz CT molecular complexity index is 248. The van der Waals surface area contributed by atoms with Crippen LogP contribution in [0, 0.1) is 6.20 Å². The Morgan fingerprint density at radius 3 is 2.53 bits per heavy atom. The minimum absolute atomic E-state index is 1.08. The van der Waals surface area contributed by atoms with Crippen LogP contribution < -0.4 is 0 Å². The molecule has 15 heavy (non-hydrogen) atoms. The lowest BCUT2D eigenvalue weighted by Gasteiger charge is -2.19. The molecular formula is C12H20N3. The number of aryl methyl sites for hydroxylation is 1. The van der Waals surface area contributed by atoms with Gasteiger partial charge in [0.15, 0.2) is 0 Å². The highest BCUT2D eigenvalue weighted by Crippen LogP contribution is 2.09. The quantitative estimate of drug-likeness (QED) is 0.751. The molecule has 0 unspecified atom stereocenters. The Balaban J connectivity index is 1.64. The Morgan fingerprint density at radius 2 is 1.87 bits per heavy atom. The number of rotatable bonds is 4. The summed E-state index contributed by atoms with van der Waals surface area (Å²) in [6, 6.07) is 0. The first-order valence-electron chi connectivity index (χ1n) is 6.05. The Morgan fingerprint density at radius 1 is 1.07 bits per heavy atom. The van der Waals surface area contributed by atoms with Crippen LogP contribution in [-0.2, 0) is 6.54 Å². The molecule has 0 saturated carbocycles. The molecule has 2 heterocycles. The van der Waals surface area contributed by atoms with Gasteiger partial charge < -0.3 is 9.47 Å². The van der Waals surface area contributed by atoms with Crippen LogP contribution in [0.5, 0.6) is 0 Å². The van der Waals surface area contributed by atoms with Gasteiger partial charge in [-0.3, -0.25) is 0 Å².